The smallest absolute Gasteiger partial charge is 0.302 e. The van der Waals surface area contributed by atoms with Gasteiger partial charge in [0.25, 0.3) is 5.56 Å². The maximum absolute atomic E-state index is 11.9. The first kappa shape index (κ1) is 12.4. The van der Waals surface area contributed by atoms with Crippen LogP contribution >= 0.6 is 11.6 Å². The topological polar surface area (TPSA) is 93.9 Å². The van der Waals surface area contributed by atoms with E-state index in [2.05, 4.69) is 15.0 Å². The molecule has 3 aromatic rings. The van der Waals surface area contributed by atoms with E-state index in [1.54, 1.807) is 24.3 Å². The largest absolute Gasteiger partial charge is 0.424 e. The van der Waals surface area contributed by atoms with Crippen molar-refractivity contribution in [3.8, 4) is 11.8 Å². The van der Waals surface area contributed by atoms with E-state index in [0.29, 0.717) is 27.4 Å². The Morgan fingerprint density at radius 2 is 2.10 bits per heavy atom. The average Bonchev–Trinajstić information content (AvgIpc) is 2.40. The van der Waals surface area contributed by atoms with Gasteiger partial charge in [0, 0.05) is 18.0 Å². The van der Waals surface area contributed by atoms with Gasteiger partial charge in [-0.05, 0) is 18.2 Å². The number of nitrogens with two attached hydrogens (primary N) is 1. The Morgan fingerprint density at radius 3 is 2.90 bits per heavy atom. The highest BCUT2D eigenvalue weighted by Gasteiger charge is 2.06. The van der Waals surface area contributed by atoms with Gasteiger partial charge in [-0.1, -0.05) is 11.6 Å². The quantitative estimate of drug-likeness (QED) is 0.706. The zero-order valence-corrected chi connectivity index (χ0v) is 10.9. The molecule has 0 saturated heterocycles. The standard InChI is InChI=1S/C13H9ClN4O2/c14-7-3-9(6-16-5-7)20-13-17-11-2-1-8(15)4-10(11)12(19)18-13/h1-6H,15H2,(H,17,18,19). The van der Waals surface area contributed by atoms with Gasteiger partial charge in [0.1, 0.15) is 0 Å². The molecule has 20 heavy (non-hydrogen) atoms. The van der Waals surface area contributed by atoms with Gasteiger partial charge >= 0.3 is 6.01 Å². The molecule has 0 fully saturated rings. The Morgan fingerprint density at radius 1 is 1.25 bits per heavy atom. The number of aromatic amines is 1. The summed E-state index contributed by atoms with van der Waals surface area (Å²) in [4.78, 5) is 22.5. The molecular weight excluding hydrogens is 280 g/mol. The highest BCUT2D eigenvalue weighted by atomic mass is 35.5. The van der Waals surface area contributed by atoms with Crippen LogP contribution in [0.15, 0.2) is 41.5 Å². The van der Waals surface area contributed by atoms with Crippen molar-refractivity contribution in [2.24, 2.45) is 0 Å². The number of hydrogen-bond acceptors (Lipinski definition) is 5. The van der Waals surface area contributed by atoms with Gasteiger partial charge in [-0.2, -0.15) is 4.98 Å². The van der Waals surface area contributed by atoms with Crippen LogP contribution < -0.4 is 16.0 Å². The minimum Gasteiger partial charge on any atom is -0.424 e. The molecule has 7 heteroatoms. The third kappa shape index (κ3) is 2.41. The predicted octanol–water partition coefficient (Wildman–Crippen LogP) is 2.35. The van der Waals surface area contributed by atoms with Crippen molar-refractivity contribution < 1.29 is 4.74 Å². The van der Waals surface area contributed by atoms with Crippen LogP contribution in [0.25, 0.3) is 10.9 Å². The summed E-state index contributed by atoms with van der Waals surface area (Å²) in [5.74, 6) is 0.385. The number of halogens is 1. The molecule has 2 aromatic heterocycles. The molecule has 0 spiro atoms. The molecule has 100 valence electrons. The first-order chi connectivity index (χ1) is 9.61. The Kier molecular flexibility index (Phi) is 3.00. The van der Waals surface area contributed by atoms with Crippen molar-refractivity contribution in [1.29, 1.82) is 0 Å². The van der Waals surface area contributed by atoms with Crippen LogP contribution in [-0.4, -0.2) is 15.0 Å². The van der Waals surface area contributed by atoms with Gasteiger partial charge in [-0.15, -0.1) is 0 Å². The molecule has 0 aliphatic rings. The Labute approximate surface area is 118 Å². The van der Waals surface area contributed by atoms with Gasteiger partial charge in [0.2, 0.25) is 0 Å². The highest BCUT2D eigenvalue weighted by molar-refractivity contribution is 6.30. The normalized spacial score (nSPS) is 10.7. The van der Waals surface area contributed by atoms with Crippen LogP contribution in [0, 0.1) is 0 Å². The SMILES string of the molecule is Nc1ccc2nc(Oc3cncc(Cl)c3)[nH]c(=O)c2c1. The molecular formula is C13H9ClN4O2. The molecule has 0 aliphatic heterocycles. The van der Waals surface area contributed by atoms with Gasteiger partial charge in [-0.25, -0.2) is 0 Å². The number of anilines is 1. The summed E-state index contributed by atoms with van der Waals surface area (Å²) in [5.41, 5.74) is 6.30. The molecule has 0 amide bonds. The lowest BCUT2D eigenvalue weighted by atomic mass is 10.2. The van der Waals surface area contributed by atoms with E-state index in [4.69, 9.17) is 22.1 Å². The van der Waals surface area contributed by atoms with Crippen molar-refractivity contribution in [2.75, 3.05) is 5.73 Å². The van der Waals surface area contributed by atoms with E-state index in [-0.39, 0.29) is 11.6 Å². The van der Waals surface area contributed by atoms with Crippen LogP contribution in [0.2, 0.25) is 5.02 Å². The van der Waals surface area contributed by atoms with Crippen molar-refractivity contribution in [3.63, 3.8) is 0 Å². The number of nitrogens with zero attached hydrogens (tertiary/aromatic N) is 2. The lowest BCUT2D eigenvalue weighted by Crippen LogP contribution is -2.09. The lowest BCUT2D eigenvalue weighted by Gasteiger charge is -2.05. The summed E-state index contributed by atoms with van der Waals surface area (Å²) >= 11 is 5.81. The predicted molar refractivity (Wildman–Crippen MR) is 76.1 cm³/mol. The maximum Gasteiger partial charge on any atom is 0.302 e. The molecule has 3 rings (SSSR count). The molecule has 6 nitrogen and oxygen atoms in total. The van der Waals surface area contributed by atoms with E-state index >= 15 is 0 Å². The molecule has 0 bridgehead atoms. The van der Waals surface area contributed by atoms with Crippen LogP contribution in [0.5, 0.6) is 11.8 Å². The van der Waals surface area contributed by atoms with Crippen LogP contribution in [0.4, 0.5) is 5.69 Å². The molecule has 2 heterocycles. The monoisotopic (exact) mass is 288 g/mol. The van der Waals surface area contributed by atoms with E-state index < -0.39 is 0 Å². The zero-order valence-electron chi connectivity index (χ0n) is 10.1. The first-order valence-corrected chi connectivity index (χ1v) is 6.07. The fourth-order valence-corrected chi connectivity index (χ4v) is 1.91. The van der Waals surface area contributed by atoms with E-state index in [1.807, 2.05) is 0 Å². The zero-order chi connectivity index (χ0) is 14.1. The number of fused-ring (bicyclic) bond motifs is 1. The fourth-order valence-electron chi connectivity index (χ4n) is 1.74. The third-order valence-electron chi connectivity index (χ3n) is 2.60. The number of ether oxygens (including phenoxy) is 1. The Hall–Kier alpha value is -2.60. The molecule has 0 aliphatic carbocycles. The maximum atomic E-state index is 11.9. The average molecular weight is 289 g/mol. The van der Waals surface area contributed by atoms with Crippen molar-refractivity contribution >= 4 is 28.2 Å². The summed E-state index contributed by atoms with van der Waals surface area (Å²) in [6.07, 6.45) is 2.95. The summed E-state index contributed by atoms with van der Waals surface area (Å²) in [7, 11) is 0. The summed E-state index contributed by atoms with van der Waals surface area (Å²) in [6, 6.07) is 6.52. The fraction of sp³-hybridized carbons (Fsp3) is 0. The van der Waals surface area contributed by atoms with Crippen molar-refractivity contribution in [3.05, 3.63) is 52.0 Å². The highest BCUT2D eigenvalue weighted by Crippen LogP contribution is 2.21. The van der Waals surface area contributed by atoms with Crippen LogP contribution in [0.1, 0.15) is 0 Å². The van der Waals surface area contributed by atoms with Gasteiger partial charge in [0.15, 0.2) is 5.75 Å². The molecule has 3 N–H and O–H groups in total. The second-order valence-corrected chi connectivity index (χ2v) is 4.53. The number of nitrogens with one attached hydrogen (secondary N) is 1. The number of pyridine rings is 1. The summed E-state index contributed by atoms with van der Waals surface area (Å²) in [5, 5.41) is 0.833. The second kappa shape index (κ2) is 4.82. The third-order valence-corrected chi connectivity index (χ3v) is 2.81. The van der Waals surface area contributed by atoms with Crippen LogP contribution in [-0.2, 0) is 0 Å². The Balaban J connectivity index is 2.05. The lowest BCUT2D eigenvalue weighted by molar-refractivity contribution is 0.441. The number of benzene rings is 1. The van der Waals surface area contributed by atoms with Gasteiger partial charge in [-0.3, -0.25) is 14.8 Å². The number of H-pyrrole nitrogens is 1. The van der Waals surface area contributed by atoms with Crippen molar-refractivity contribution in [1.82, 2.24) is 15.0 Å². The van der Waals surface area contributed by atoms with Crippen LogP contribution in [0.3, 0.4) is 0 Å². The number of aromatic nitrogens is 3. The second-order valence-electron chi connectivity index (χ2n) is 4.09. The minimum absolute atomic E-state index is 0.0661. The van der Waals surface area contributed by atoms with Crippen molar-refractivity contribution in [2.45, 2.75) is 0 Å². The molecule has 0 unspecified atom stereocenters. The summed E-state index contributed by atoms with van der Waals surface area (Å²) < 4.78 is 5.43. The number of rotatable bonds is 2. The molecule has 0 radical (unpaired) electrons. The first-order valence-electron chi connectivity index (χ1n) is 5.70. The minimum atomic E-state index is -0.327. The van der Waals surface area contributed by atoms with E-state index in [0.717, 1.165) is 0 Å². The summed E-state index contributed by atoms with van der Waals surface area (Å²) in [6.45, 7) is 0. The number of hydrogen-bond donors (Lipinski definition) is 2. The van der Waals surface area contributed by atoms with E-state index in [9.17, 15) is 4.79 Å². The Bertz CT molecular complexity index is 847. The van der Waals surface area contributed by atoms with E-state index in [1.165, 1.54) is 12.4 Å². The van der Waals surface area contributed by atoms with Gasteiger partial charge in [0.05, 0.1) is 22.1 Å². The molecule has 0 atom stereocenters. The molecule has 0 saturated carbocycles. The van der Waals surface area contributed by atoms with Gasteiger partial charge < -0.3 is 10.5 Å². The molecule has 1 aromatic carbocycles. The number of nitrogen functional groups attached to an aromatic ring is 1.